The fourth-order valence-corrected chi connectivity index (χ4v) is 4.68. The first-order chi connectivity index (χ1) is 13.2. The molecule has 2 heterocycles. The highest BCUT2D eigenvalue weighted by Crippen LogP contribution is 2.40. The largest absolute Gasteiger partial charge is 0.356 e. The molecule has 7 heteroatoms. The van der Waals surface area contributed by atoms with Crippen molar-refractivity contribution in [3.05, 3.63) is 46.5 Å². The summed E-state index contributed by atoms with van der Waals surface area (Å²) in [7, 11) is 1.85. The Balaban J connectivity index is 1.40. The molecular formula is C20H27BrN6. The van der Waals surface area contributed by atoms with Crippen molar-refractivity contribution < 1.29 is 0 Å². The Bertz CT molecular complexity index is 791. The molecule has 6 nitrogen and oxygen atoms in total. The minimum atomic E-state index is 0.198. The number of aromatic nitrogens is 3. The van der Waals surface area contributed by atoms with E-state index in [-0.39, 0.29) is 5.41 Å². The van der Waals surface area contributed by atoms with Gasteiger partial charge in [0.1, 0.15) is 12.2 Å². The van der Waals surface area contributed by atoms with Crippen LogP contribution in [0.1, 0.15) is 43.5 Å². The van der Waals surface area contributed by atoms with Crippen LogP contribution in [-0.2, 0) is 18.4 Å². The molecule has 1 aliphatic carbocycles. The van der Waals surface area contributed by atoms with Crippen molar-refractivity contribution in [3.8, 4) is 0 Å². The Morgan fingerprint density at radius 2 is 2.07 bits per heavy atom. The third-order valence-electron chi connectivity index (χ3n) is 5.98. The average Bonchev–Trinajstić information content (AvgIpc) is 3.35. The molecule has 1 aromatic heterocycles. The summed E-state index contributed by atoms with van der Waals surface area (Å²) in [6.45, 7) is 1.75. The van der Waals surface area contributed by atoms with E-state index in [1.165, 1.54) is 31.2 Å². The van der Waals surface area contributed by atoms with E-state index in [1.807, 2.05) is 11.7 Å². The van der Waals surface area contributed by atoms with Gasteiger partial charge in [-0.2, -0.15) is 5.10 Å². The lowest BCUT2D eigenvalue weighted by molar-refractivity contribution is 0.387. The Hall–Kier alpha value is -1.89. The van der Waals surface area contributed by atoms with Crippen LogP contribution >= 0.6 is 15.9 Å². The average molecular weight is 431 g/mol. The molecule has 0 radical (unpaired) electrons. The van der Waals surface area contributed by atoms with Gasteiger partial charge in [-0.1, -0.05) is 40.9 Å². The second kappa shape index (κ2) is 8.00. The molecule has 0 amide bonds. The van der Waals surface area contributed by atoms with Crippen LogP contribution in [-0.4, -0.2) is 40.4 Å². The number of aryl methyl sites for hydroxylation is 1. The number of rotatable bonds is 4. The molecule has 2 aromatic rings. The van der Waals surface area contributed by atoms with Gasteiger partial charge in [-0.3, -0.25) is 4.99 Å². The molecule has 2 N–H and O–H groups in total. The molecule has 0 bridgehead atoms. The molecule has 1 aliphatic heterocycles. The van der Waals surface area contributed by atoms with E-state index < -0.39 is 0 Å². The molecule has 144 valence electrons. The number of halogens is 1. The topological polar surface area (TPSA) is 67.1 Å². The monoisotopic (exact) mass is 430 g/mol. The Morgan fingerprint density at radius 3 is 2.81 bits per heavy atom. The quantitative estimate of drug-likeness (QED) is 0.577. The summed E-state index contributed by atoms with van der Waals surface area (Å²) in [6, 6.07) is 9.17. The Labute approximate surface area is 169 Å². The highest BCUT2D eigenvalue weighted by molar-refractivity contribution is 9.10. The third-order valence-corrected chi connectivity index (χ3v) is 6.51. The fraction of sp³-hybridized carbons (Fsp3) is 0.550. The summed E-state index contributed by atoms with van der Waals surface area (Å²) in [4.78, 5) is 8.77. The van der Waals surface area contributed by atoms with E-state index >= 15 is 0 Å². The van der Waals surface area contributed by atoms with Crippen molar-refractivity contribution >= 4 is 21.9 Å². The minimum absolute atomic E-state index is 0.198. The van der Waals surface area contributed by atoms with Gasteiger partial charge in [0.05, 0.1) is 6.54 Å². The molecule has 1 unspecified atom stereocenters. The summed E-state index contributed by atoms with van der Waals surface area (Å²) in [5.74, 6) is 1.96. The lowest BCUT2D eigenvalue weighted by atomic mass is 9.79. The molecule has 0 saturated heterocycles. The van der Waals surface area contributed by atoms with Gasteiger partial charge in [-0.15, -0.1) is 0 Å². The number of fused-ring (bicyclic) bond motifs is 1. The highest BCUT2D eigenvalue weighted by Gasteiger charge is 2.35. The van der Waals surface area contributed by atoms with E-state index in [4.69, 9.17) is 0 Å². The van der Waals surface area contributed by atoms with Crippen molar-refractivity contribution in [2.24, 2.45) is 4.99 Å². The first-order valence-electron chi connectivity index (χ1n) is 9.78. The third kappa shape index (κ3) is 4.03. The highest BCUT2D eigenvalue weighted by atomic mass is 79.9. The standard InChI is InChI=1S/C20H27BrN6/c1-22-19(26-17-8-9-18-24-14-25-27(18)12-17)23-13-20(10-2-3-11-20)15-4-6-16(21)7-5-15/h4-7,14,17H,2-3,8-13H2,1H3,(H2,22,23,26). The summed E-state index contributed by atoms with van der Waals surface area (Å²) < 4.78 is 3.13. The second-order valence-electron chi connectivity index (χ2n) is 7.66. The normalized spacial score (nSPS) is 21.7. The van der Waals surface area contributed by atoms with Gasteiger partial charge in [0.25, 0.3) is 0 Å². The van der Waals surface area contributed by atoms with Crippen molar-refractivity contribution in [2.75, 3.05) is 13.6 Å². The molecule has 1 saturated carbocycles. The van der Waals surface area contributed by atoms with E-state index in [0.29, 0.717) is 6.04 Å². The lowest BCUT2D eigenvalue weighted by Gasteiger charge is -2.32. The lowest BCUT2D eigenvalue weighted by Crippen LogP contribution is -2.50. The van der Waals surface area contributed by atoms with Gasteiger partial charge < -0.3 is 10.6 Å². The van der Waals surface area contributed by atoms with Gasteiger partial charge in [-0.25, -0.2) is 9.67 Å². The summed E-state index contributed by atoms with van der Waals surface area (Å²) in [6.07, 6.45) is 8.69. The summed E-state index contributed by atoms with van der Waals surface area (Å²) in [5.41, 5.74) is 1.63. The Kier molecular flexibility index (Phi) is 5.48. The van der Waals surface area contributed by atoms with Crippen LogP contribution in [0.25, 0.3) is 0 Å². The van der Waals surface area contributed by atoms with Crippen molar-refractivity contribution in [2.45, 2.75) is 56.5 Å². The number of hydrogen-bond donors (Lipinski definition) is 2. The summed E-state index contributed by atoms with van der Waals surface area (Å²) in [5, 5.41) is 11.5. The smallest absolute Gasteiger partial charge is 0.191 e. The van der Waals surface area contributed by atoms with Gasteiger partial charge in [-0.05, 0) is 37.0 Å². The van der Waals surface area contributed by atoms with E-state index in [9.17, 15) is 0 Å². The van der Waals surface area contributed by atoms with Gasteiger partial charge >= 0.3 is 0 Å². The molecule has 4 rings (SSSR count). The van der Waals surface area contributed by atoms with Gasteiger partial charge in [0.15, 0.2) is 5.96 Å². The predicted octanol–water partition coefficient (Wildman–Crippen LogP) is 3.03. The number of hydrogen-bond acceptors (Lipinski definition) is 3. The molecule has 0 spiro atoms. The maximum Gasteiger partial charge on any atom is 0.191 e. The van der Waals surface area contributed by atoms with E-state index in [0.717, 1.165) is 42.2 Å². The van der Waals surface area contributed by atoms with Crippen LogP contribution in [0.2, 0.25) is 0 Å². The number of nitrogens with one attached hydrogen (secondary N) is 2. The second-order valence-corrected chi connectivity index (χ2v) is 8.57. The van der Waals surface area contributed by atoms with E-state index in [1.54, 1.807) is 6.33 Å². The predicted molar refractivity (Wildman–Crippen MR) is 111 cm³/mol. The zero-order valence-corrected chi connectivity index (χ0v) is 17.4. The molecule has 1 fully saturated rings. The number of benzene rings is 1. The van der Waals surface area contributed by atoms with Crippen LogP contribution in [0.3, 0.4) is 0 Å². The fourth-order valence-electron chi connectivity index (χ4n) is 4.42. The van der Waals surface area contributed by atoms with Crippen molar-refractivity contribution in [3.63, 3.8) is 0 Å². The first-order valence-corrected chi connectivity index (χ1v) is 10.6. The molecule has 1 atom stereocenters. The van der Waals surface area contributed by atoms with Crippen LogP contribution in [0.4, 0.5) is 0 Å². The summed E-state index contributed by atoms with van der Waals surface area (Å²) >= 11 is 3.55. The zero-order valence-electron chi connectivity index (χ0n) is 15.8. The maximum atomic E-state index is 4.47. The molecule has 2 aliphatic rings. The van der Waals surface area contributed by atoms with Gasteiger partial charge in [0, 0.05) is 35.9 Å². The minimum Gasteiger partial charge on any atom is -0.356 e. The number of nitrogens with zero attached hydrogens (tertiary/aromatic N) is 4. The van der Waals surface area contributed by atoms with Crippen LogP contribution in [0, 0.1) is 0 Å². The van der Waals surface area contributed by atoms with Crippen molar-refractivity contribution in [1.29, 1.82) is 0 Å². The first kappa shape index (κ1) is 18.5. The molecule has 1 aromatic carbocycles. The van der Waals surface area contributed by atoms with Crippen LogP contribution in [0.5, 0.6) is 0 Å². The SMILES string of the molecule is CN=C(NCC1(c2ccc(Br)cc2)CCCC1)NC1CCc2ncnn2C1. The number of aliphatic imine (C=N–C) groups is 1. The molecular weight excluding hydrogens is 404 g/mol. The van der Waals surface area contributed by atoms with E-state index in [2.05, 4.69) is 65.9 Å². The zero-order chi connectivity index (χ0) is 18.7. The van der Waals surface area contributed by atoms with Gasteiger partial charge in [0.2, 0.25) is 0 Å². The number of guanidine groups is 1. The van der Waals surface area contributed by atoms with Crippen molar-refractivity contribution in [1.82, 2.24) is 25.4 Å². The molecule has 27 heavy (non-hydrogen) atoms. The van der Waals surface area contributed by atoms with Crippen LogP contribution < -0.4 is 10.6 Å². The maximum absolute atomic E-state index is 4.47. The van der Waals surface area contributed by atoms with Crippen LogP contribution in [0.15, 0.2) is 40.1 Å². The Morgan fingerprint density at radius 1 is 1.30 bits per heavy atom.